The topological polar surface area (TPSA) is 71.0 Å². The molecule has 1 aromatic heterocycles. The lowest BCUT2D eigenvalue weighted by atomic mass is 10.1. The Kier molecular flexibility index (Phi) is 6.58. The van der Waals surface area contributed by atoms with Crippen molar-refractivity contribution in [3.05, 3.63) is 71.9 Å². The highest BCUT2D eigenvalue weighted by Crippen LogP contribution is 2.27. The summed E-state index contributed by atoms with van der Waals surface area (Å²) in [5.74, 6) is 2.92. The molecule has 34 heavy (non-hydrogen) atoms. The third-order valence-corrected chi connectivity index (χ3v) is 6.10. The number of aryl methyl sites for hydroxylation is 1. The van der Waals surface area contributed by atoms with E-state index in [1.807, 2.05) is 72.5 Å². The zero-order valence-electron chi connectivity index (χ0n) is 19.4. The summed E-state index contributed by atoms with van der Waals surface area (Å²) in [6.45, 7) is 7.66. The molecular weight excluding hydrogens is 430 g/mol. The standard InChI is InChI=1S/C26H29N5O3/c1-20-19-24(29-15-17-33-18-16-29)28-26(27-20)31-13-11-30(12-14-31)25(32)22-9-5-6-10-23(22)34-21-7-3-2-4-8-21/h2-10,19H,11-18H2,1H3. The highest BCUT2D eigenvalue weighted by atomic mass is 16.5. The lowest BCUT2D eigenvalue weighted by Crippen LogP contribution is -2.49. The Hall–Kier alpha value is -3.65. The number of ether oxygens (including phenoxy) is 2. The molecule has 3 heterocycles. The number of aromatic nitrogens is 2. The van der Waals surface area contributed by atoms with E-state index in [-0.39, 0.29) is 5.91 Å². The summed E-state index contributed by atoms with van der Waals surface area (Å²) in [6, 6.07) is 19.0. The van der Waals surface area contributed by atoms with Crippen LogP contribution >= 0.6 is 0 Å². The molecule has 2 fully saturated rings. The molecule has 0 radical (unpaired) electrons. The Morgan fingerprint density at radius 3 is 2.32 bits per heavy atom. The molecule has 0 aliphatic carbocycles. The molecule has 176 valence electrons. The molecule has 2 aliphatic rings. The van der Waals surface area contributed by atoms with Crippen molar-refractivity contribution in [2.24, 2.45) is 0 Å². The largest absolute Gasteiger partial charge is 0.457 e. The van der Waals surface area contributed by atoms with Crippen LogP contribution in [0.25, 0.3) is 0 Å². The predicted octanol–water partition coefficient (Wildman–Crippen LogP) is 3.38. The minimum Gasteiger partial charge on any atom is -0.457 e. The fourth-order valence-corrected chi connectivity index (χ4v) is 4.26. The van der Waals surface area contributed by atoms with Gasteiger partial charge in [0.2, 0.25) is 5.95 Å². The van der Waals surface area contributed by atoms with Gasteiger partial charge >= 0.3 is 0 Å². The number of hydrogen-bond acceptors (Lipinski definition) is 7. The van der Waals surface area contributed by atoms with Crippen molar-refractivity contribution in [1.82, 2.24) is 14.9 Å². The number of hydrogen-bond donors (Lipinski definition) is 0. The van der Waals surface area contributed by atoms with E-state index in [9.17, 15) is 4.79 Å². The number of rotatable bonds is 5. The van der Waals surface area contributed by atoms with E-state index in [2.05, 4.69) is 14.8 Å². The molecule has 0 spiro atoms. The Bertz CT molecular complexity index is 1130. The van der Waals surface area contributed by atoms with Crippen LogP contribution < -0.4 is 14.5 Å². The van der Waals surface area contributed by atoms with E-state index >= 15 is 0 Å². The third kappa shape index (κ3) is 4.97. The first kappa shape index (κ1) is 22.2. The number of morpholine rings is 1. The van der Waals surface area contributed by atoms with Gasteiger partial charge in [-0.25, -0.2) is 4.98 Å². The molecule has 2 aromatic carbocycles. The monoisotopic (exact) mass is 459 g/mol. The minimum absolute atomic E-state index is 0.0228. The van der Waals surface area contributed by atoms with E-state index in [0.717, 1.165) is 30.5 Å². The van der Waals surface area contributed by atoms with E-state index in [1.165, 1.54) is 0 Å². The fraction of sp³-hybridized carbons (Fsp3) is 0.346. The van der Waals surface area contributed by atoms with Gasteiger partial charge in [-0.3, -0.25) is 4.79 Å². The number of benzene rings is 2. The van der Waals surface area contributed by atoms with Crippen LogP contribution in [0.5, 0.6) is 11.5 Å². The summed E-state index contributed by atoms with van der Waals surface area (Å²) in [5, 5.41) is 0. The summed E-state index contributed by atoms with van der Waals surface area (Å²) < 4.78 is 11.5. The van der Waals surface area contributed by atoms with Crippen molar-refractivity contribution in [1.29, 1.82) is 0 Å². The van der Waals surface area contributed by atoms with Gasteiger partial charge in [-0.05, 0) is 31.2 Å². The van der Waals surface area contributed by atoms with Crippen molar-refractivity contribution in [3.63, 3.8) is 0 Å². The van der Waals surface area contributed by atoms with Gasteiger partial charge in [-0.1, -0.05) is 30.3 Å². The number of nitrogens with zero attached hydrogens (tertiary/aromatic N) is 5. The maximum absolute atomic E-state index is 13.3. The van der Waals surface area contributed by atoms with Crippen LogP contribution in [0, 0.1) is 6.92 Å². The van der Waals surface area contributed by atoms with Crippen LogP contribution in [0.1, 0.15) is 16.1 Å². The lowest BCUT2D eigenvalue weighted by Gasteiger charge is -2.35. The number of amides is 1. The van der Waals surface area contributed by atoms with Gasteiger partial charge in [-0.15, -0.1) is 0 Å². The smallest absolute Gasteiger partial charge is 0.257 e. The number of anilines is 2. The summed E-state index contributed by atoms with van der Waals surface area (Å²) >= 11 is 0. The van der Waals surface area contributed by atoms with Gasteiger partial charge in [0.05, 0.1) is 18.8 Å². The van der Waals surface area contributed by atoms with Gasteiger partial charge in [0.25, 0.3) is 5.91 Å². The van der Waals surface area contributed by atoms with Crippen molar-refractivity contribution in [2.45, 2.75) is 6.92 Å². The second kappa shape index (κ2) is 10.1. The maximum atomic E-state index is 13.3. The van der Waals surface area contributed by atoms with Crippen molar-refractivity contribution in [3.8, 4) is 11.5 Å². The van der Waals surface area contributed by atoms with Gasteiger partial charge in [0, 0.05) is 51.0 Å². The average Bonchev–Trinajstić information content (AvgIpc) is 2.89. The quantitative estimate of drug-likeness (QED) is 0.579. The molecule has 0 N–H and O–H groups in total. The number of piperazine rings is 1. The van der Waals surface area contributed by atoms with Crippen LogP contribution in [0.2, 0.25) is 0 Å². The molecule has 8 heteroatoms. The molecule has 2 aliphatic heterocycles. The Labute approximate surface area is 199 Å². The molecule has 3 aromatic rings. The molecule has 8 nitrogen and oxygen atoms in total. The van der Waals surface area contributed by atoms with Crippen LogP contribution in [0.15, 0.2) is 60.7 Å². The maximum Gasteiger partial charge on any atom is 0.257 e. The molecule has 2 saturated heterocycles. The van der Waals surface area contributed by atoms with E-state index in [1.54, 1.807) is 0 Å². The second-order valence-electron chi connectivity index (χ2n) is 8.46. The molecule has 5 rings (SSSR count). The van der Waals surface area contributed by atoms with E-state index in [0.29, 0.717) is 56.5 Å². The van der Waals surface area contributed by atoms with Gasteiger partial charge < -0.3 is 24.2 Å². The zero-order chi connectivity index (χ0) is 23.3. The van der Waals surface area contributed by atoms with Crippen molar-refractivity contribution < 1.29 is 14.3 Å². The van der Waals surface area contributed by atoms with Gasteiger partial charge in [-0.2, -0.15) is 4.98 Å². The summed E-state index contributed by atoms with van der Waals surface area (Å²) in [4.78, 5) is 29.1. The van der Waals surface area contributed by atoms with E-state index in [4.69, 9.17) is 14.5 Å². The van der Waals surface area contributed by atoms with Crippen molar-refractivity contribution >= 4 is 17.7 Å². The molecular formula is C26H29N5O3. The molecule has 0 bridgehead atoms. The van der Waals surface area contributed by atoms with Gasteiger partial charge in [0.15, 0.2) is 0 Å². The Balaban J connectivity index is 1.26. The van der Waals surface area contributed by atoms with Crippen LogP contribution in [-0.2, 0) is 4.74 Å². The van der Waals surface area contributed by atoms with Crippen LogP contribution in [-0.4, -0.2) is 73.3 Å². The third-order valence-electron chi connectivity index (χ3n) is 6.10. The predicted molar refractivity (Wildman–Crippen MR) is 131 cm³/mol. The first-order valence-electron chi connectivity index (χ1n) is 11.7. The average molecular weight is 460 g/mol. The molecule has 0 atom stereocenters. The lowest BCUT2D eigenvalue weighted by molar-refractivity contribution is 0.0743. The van der Waals surface area contributed by atoms with Crippen LogP contribution in [0.4, 0.5) is 11.8 Å². The normalized spacial score (nSPS) is 16.4. The molecule has 0 saturated carbocycles. The highest BCUT2D eigenvalue weighted by molar-refractivity contribution is 5.97. The number of carbonyl (C=O) groups is 1. The summed E-state index contributed by atoms with van der Waals surface area (Å²) in [7, 11) is 0. The Morgan fingerprint density at radius 1 is 0.853 bits per heavy atom. The van der Waals surface area contributed by atoms with E-state index < -0.39 is 0 Å². The van der Waals surface area contributed by atoms with Gasteiger partial charge in [0.1, 0.15) is 17.3 Å². The Morgan fingerprint density at radius 2 is 1.56 bits per heavy atom. The summed E-state index contributed by atoms with van der Waals surface area (Å²) in [6.07, 6.45) is 0. The van der Waals surface area contributed by atoms with Crippen molar-refractivity contribution in [2.75, 3.05) is 62.3 Å². The fourth-order valence-electron chi connectivity index (χ4n) is 4.26. The zero-order valence-corrected chi connectivity index (χ0v) is 19.4. The van der Waals surface area contributed by atoms with Crippen LogP contribution in [0.3, 0.4) is 0 Å². The minimum atomic E-state index is -0.0228. The summed E-state index contributed by atoms with van der Waals surface area (Å²) in [5.41, 5.74) is 1.51. The second-order valence-corrected chi connectivity index (χ2v) is 8.46. The first-order chi connectivity index (χ1) is 16.7. The number of carbonyl (C=O) groups excluding carboxylic acids is 1. The highest BCUT2D eigenvalue weighted by Gasteiger charge is 2.26. The molecule has 0 unspecified atom stereocenters. The molecule has 1 amide bonds. The SMILES string of the molecule is Cc1cc(N2CCOCC2)nc(N2CCN(C(=O)c3ccccc3Oc3ccccc3)CC2)n1. The number of para-hydroxylation sites is 2. The first-order valence-corrected chi connectivity index (χ1v) is 11.7.